The van der Waals surface area contributed by atoms with Crippen LogP contribution in [0.1, 0.15) is 0 Å². The lowest BCUT2D eigenvalue weighted by Gasteiger charge is -2.12. The van der Waals surface area contributed by atoms with Crippen LogP contribution in [0.2, 0.25) is 0 Å². The third-order valence-electron chi connectivity index (χ3n) is 2.61. The predicted molar refractivity (Wildman–Crippen MR) is 79.0 cm³/mol. The number of methoxy groups -OCH3 is 3. The summed E-state index contributed by atoms with van der Waals surface area (Å²) in [6.07, 6.45) is 0. The van der Waals surface area contributed by atoms with E-state index < -0.39 is 17.9 Å². The molecule has 0 aromatic heterocycles. The molecule has 132 valence electrons. The summed E-state index contributed by atoms with van der Waals surface area (Å²) in [6, 6.07) is 4.32. The topological polar surface area (TPSA) is 107 Å². The fourth-order valence-corrected chi connectivity index (χ4v) is 1.40. The SMILES string of the molecule is COC(=O)COc1cc(OCC(=O)OC)cc(OCC(=O)OC)c1. The van der Waals surface area contributed by atoms with Gasteiger partial charge in [0.25, 0.3) is 0 Å². The van der Waals surface area contributed by atoms with Gasteiger partial charge in [-0.25, -0.2) is 14.4 Å². The number of esters is 3. The lowest BCUT2D eigenvalue weighted by Crippen LogP contribution is -2.15. The zero-order chi connectivity index (χ0) is 17.9. The van der Waals surface area contributed by atoms with Gasteiger partial charge in [0.1, 0.15) is 17.2 Å². The minimum Gasteiger partial charge on any atom is -0.482 e. The Kier molecular flexibility index (Phi) is 7.89. The van der Waals surface area contributed by atoms with E-state index in [2.05, 4.69) is 14.2 Å². The van der Waals surface area contributed by atoms with Crippen molar-refractivity contribution < 1.29 is 42.8 Å². The molecule has 1 rings (SSSR count). The number of carbonyl (C=O) groups is 3. The number of hydrogen-bond acceptors (Lipinski definition) is 9. The standard InChI is InChI=1S/C15H18O9/c1-19-13(16)7-22-10-4-11(23-8-14(17)20-2)6-12(5-10)24-9-15(18)21-3/h4-6H,7-9H2,1-3H3. The number of hydrogen-bond donors (Lipinski definition) is 0. The molecule has 0 spiro atoms. The number of benzene rings is 1. The molecule has 1 aromatic carbocycles. The first-order chi connectivity index (χ1) is 11.5. The van der Waals surface area contributed by atoms with Crippen LogP contribution in [0, 0.1) is 0 Å². The monoisotopic (exact) mass is 342 g/mol. The van der Waals surface area contributed by atoms with Crippen LogP contribution in [-0.4, -0.2) is 59.1 Å². The molecule has 0 aliphatic rings. The van der Waals surface area contributed by atoms with E-state index in [1.54, 1.807) is 0 Å². The molecule has 0 amide bonds. The molecule has 9 heteroatoms. The Morgan fingerprint density at radius 2 is 0.875 bits per heavy atom. The van der Waals surface area contributed by atoms with Crippen molar-refractivity contribution >= 4 is 17.9 Å². The minimum atomic E-state index is -0.576. The molecule has 0 atom stereocenters. The maximum Gasteiger partial charge on any atom is 0.343 e. The summed E-state index contributed by atoms with van der Waals surface area (Å²) in [6.45, 7) is -0.978. The fourth-order valence-electron chi connectivity index (χ4n) is 1.40. The van der Waals surface area contributed by atoms with Crippen molar-refractivity contribution in [2.45, 2.75) is 0 Å². The van der Waals surface area contributed by atoms with Gasteiger partial charge in [-0.1, -0.05) is 0 Å². The van der Waals surface area contributed by atoms with Gasteiger partial charge in [-0.2, -0.15) is 0 Å². The van der Waals surface area contributed by atoms with Crippen molar-refractivity contribution in [2.24, 2.45) is 0 Å². The molecule has 0 saturated carbocycles. The van der Waals surface area contributed by atoms with E-state index in [0.717, 1.165) is 0 Å². The number of ether oxygens (including phenoxy) is 6. The second kappa shape index (κ2) is 9.93. The van der Waals surface area contributed by atoms with Crippen LogP contribution in [0.4, 0.5) is 0 Å². The highest BCUT2D eigenvalue weighted by atomic mass is 16.6. The molecule has 0 heterocycles. The average molecular weight is 342 g/mol. The minimum absolute atomic E-state index is 0.225. The van der Waals surface area contributed by atoms with E-state index in [-0.39, 0.29) is 37.1 Å². The Morgan fingerprint density at radius 1 is 0.625 bits per heavy atom. The Morgan fingerprint density at radius 3 is 1.08 bits per heavy atom. The zero-order valence-corrected chi connectivity index (χ0v) is 13.5. The Hall–Kier alpha value is -2.97. The van der Waals surface area contributed by atoms with Gasteiger partial charge in [0.15, 0.2) is 19.8 Å². The molecule has 0 N–H and O–H groups in total. The Labute approximate surface area is 138 Å². The van der Waals surface area contributed by atoms with Crippen LogP contribution in [0.3, 0.4) is 0 Å². The number of rotatable bonds is 9. The summed E-state index contributed by atoms with van der Waals surface area (Å²) < 4.78 is 29.1. The number of carbonyl (C=O) groups excluding carboxylic acids is 3. The average Bonchev–Trinajstić information content (AvgIpc) is 2.61. The summed E-state index contributed by atoms with van der Waals surface area (Å²) in [5.41, 5.74) is 0. The second-order valence-corrected chi connectivity index (χ2v) is 4.23. The Bertz CT molecular complexity index is 489. The molecule has 24 heavy (non-hydrogen) atoms. The van der Waals surface area contributed by atoms with Crippen LogP contribution in [0.25, 0.3) is 0 Å². The maximum atomic E-state index is 11.1. The van der Waals surface area contributed by atoms with Crippen molar-refractivity contribution in [3.63, 3.8) is 0 Å². The molecule has 0 unspecified atom stereocenters. The molecule has 0 fully saturated rings. The van der Waals surface area contributed by atoms with Gasteiger partial charge in [-0.15, -0.1) is 0 Å². The molecule has 0 aliphatic carbocycles. The van der Waals surface area contributed by atoms with Gasteiger partial charge in [-0.3, -0.25) is 0 Å². The van der Waals surface area contributed by atoms with Gasteiger partial charge in [0.2, 0.25) is 0 Å². The molecule has 0 bridgehead atoms. The van der Waals surface area contributed by atoms with Gasteiger partial charge >= 0.3 is 17.9 Å². The molecule has 0 saturated heterocycles. The Balaban J connectivity index is 2.84. The molecule has 1 aromatic rings. The maximum absolute atomic E-state index is 11.1. The van der Waals surface area contributed by atoms with E-state index in [1.165, 1.54) is 39.5 Å². The normalized spacial score (nSPS) is 9.62. The third kappa shape index (κ3) is 6.86. The largest absolute Gasteiger partial charge is 0.482 e. The molecule has 0 aliphatic heterocycles. The van der Waals surface area contributed by atoms with Crippen LogP contribution in [-0.2, 0) is 28.6 Å². The lowest BCUT2D eigenvalue weighted by atomic mass is 10.3. The van der Waals surface area contributed by atoms with E-state index in [1.807, 2.05) is 0 Å². The van der Waals surface area contributed by atoms with Gasteiger partial charge < -0.3 is 28.4 Å². The highest BCUT2D eigenvalue weighted by Gasteiger charge is 2.10. The third-order valence-corrected chi connectivity index (χ3v) is 2.61. The summed E-state index contributed by atoms with van der Waals surface area (Å²) in [5, 5.41) is 0. The van der Waals surface area contributed by atoms with Crippen molar-refractivity contribution in [3.05, 3.63) is 18.2 Å². The second-order valence-electron chi connectivity index (χ2n) is 4.23. The smallest absolute Gasteiger partial charge is 0.343 e. The van der Waals surface area contributed by atoms with Gasteiger partial charge in [0.05, 0.1) is 21.3 Å². The highest BCUT2D eigenvalue weighted by Crippen LogP contribution is 2.28. The fraction of sp³-hybridized carbons (Fsp3) is 0.400. The zero-order valence-electron chi connectivity index (χ0n) is 13.5. The van der Waals surface area contributed by atoms with Crippen molar-refractivity contribution in [1.82, 2.24) is 0 Å². The van der Waals surface area contributed by atoms with E-state index in [4.69, 9.17) is 14.2 Å². The van der Waals surface area contributed by atoms with E-state index in [0.29, 0.717) is 0 Å². The van der Waals surface area contributed by atoms with Crippen LogP contribution >= 0.6 is 0 Å². The summed E-state index contributed by atoms with van der Waals surface area (Å²) in [5.74, 6) is -1.05. The first-order valence-corrected chi connectivity index (χ1v) is 6.72. The van der Waals surface area contributed by atoms with E-state index >= 15 is 0 Å². The van der Waals surface area contributed by atoms with Gasteiger partial charge in [-0.05, 0) is 0 Å². The van der Waals surface area contributed by atoms with Crippen LogP contribution in [0.15, 0.2) is 18.2 Å². The molecular formula is C15H18O9. The van der Waals surface area contributed by atoms with E-state index in [9.17, 15) is 14.4 Å². The summed E-state index contributed by atoms with van der Waals surface area (Å²) in [4.78, 5) is 33.4. The highest BCUT2D eigenvalue weighted by molar-refractivity contribution is 5.72. The summed E-state index contributed by atoms with van der Waals surface area (Å²) in [7, 11) is 3.69. The van der Waals surface area contributed by atoms with Crippen LogP contribution < -0.4 is 14.2 Å². The predicted octanol–water partition coefficient (Wildman–Crippen LogP) is 0.342. The molecule has 0 radical (unpaired) electrons. The first kappa shape index (κ1) is 19.1. The van der Waals surface area contributed by atoms with Crippen LogP contribution in [0.5, 0.6) is 17.2 Å². The van der Waals surface area contributed by atoms with Gasteiger partial charge in [0, 0.05) is 18.2 Å². The first-order valence-electron chi connectivity index (χ1n) is 6.72. The lowest BCUT2D eigenvalue weighted by molar-refractivity contribution is -0.143. The summed E-state index contributed by atoms with van der Waals surface area (Å²) >= 11 is 0. The van der Waals surface area contributed by atoms with Crippen molar-refractivity contribution in [1.29, 1.82) is 0 Å². The van der Waals surface area contributed by atoms with Crippen molar-refractivity contribution in [2.75, 3.05) is 41.2 Å². The molecule has 9 nitrogen and oxygen atoms in total. The molecular weight excluding hydrogens is 324 g/mol. The quantitative estimate of drug-likeness (QED) is 0.464. The van der Waals surface area contributed by atoms with Crippen molar-refractivity contribution in [3.8, 4) is 17.2 Å².